The zero-order valence-corrected chi connectivity index (χ0v) is 22.1. The predicted molar refractivity (Wildman–Crippen MR) is 140 cm³/mol. The highest BCUT2D eigenvalue weighted by molar-refractivity contribution is 5.91. The summed E-state index contributed by atoms with van der Waals surface area (Å²) in [5.41, 5.74) is 2.90. The summed E-state index contributed by atoms with van der Waals surface area (Å²) in [6.07, 6.45) is 0.799. The maximum atomic E-state index is 13.4. The minimum Gasteiger partial charge on any atom is -0.486 e. The van der Waals surface area contributed by atoms with Crippen LogP contribution in [0.15, 0.2) is 65.1 Å². The molecule has 2 amide bonds. The van der Waals surface area contributed by atoms with Gasteiger partial charge in [-0.1, -0.05) is 57.2 Å². The number of ether oxygens (including phenoxy) is 1. The minimum atomic E-state index is -0.475. The Hall–Kier alpha value is -3.54. The molecule has 0 N–H and O–H groups in total. The maximum absolute atomic E-state index is 13.4. The summed E-state index contributed by atoms with van der Waals surface area (Å²) in [6, 6.07) is 19.6. The van der Waals surface area contributed by atoms with Crippen molar-refractivity contribution < 1.29 is 18.7 Å². The first-order valence-electron chi connectivity index (χ1n) is 12.5. The van der Waals surface area contributed by atoms with Gasteiger partial charge in [0.2, 0.25) is 5.91 Å². The van der Waals surface area contributed by atoms with Crippen molar-refractivity contribution in [3.8, 4) is 5.75 Å². The molecule has 1 aliphatic rings. The zero-order valence-electron chi connectivity index (χ0n) is 22.1. The first kappa shape index (κ1) is 25.5. The molecule has 2 aromatic carbocycles. The average Bonchev–Trinajstić information content (AvgIpc) is 3.34. The van der Waals surface area contributed by atoms with Gasteiger partial charge in [-0.05, 0) is 61.2 Å². The number of rotatable bonds is 6. The maximum Gasteiger partial charge on any atom is 0.289 e. The largest absolute Gasteiger partial charge is 0.486 e. The molecule has 0 saturated heterocycles. The summed E-state index contributed by atoms with van der Waals surface area (Å²) >= 11 is 0. The standard InChI is InChI=1S/C30H36N2O4/c1-20(2)31(6)28(33)26-15-14-24(36-26)19-35-23-13-12-21-16-17-32(29(34)30(3,4)5)27(25(21)18-23)22-10-8-7-9-11-22/h7-15,18,20,27H,16-17,19H2,1-6H3. The minimum absolute atomic E-state index is 0.0834. The van der Waals surface area contributed by atoms with Crippen LogP contribution < -0.4 is 4.74 Å². The van der Waals surface area contributed by atoms with Crippen LogP contribution in [-0.2, 0) is 17.8 Å². The third-order valence-electron chi connectivity index (χ3n) is 6.71. The van der Waals surface area contributed by atoms with Crippen molar-refractivity contribution in [3.63, 3.8) is 0 Å². The van der Waals surface area contributed by atoms with Gasteiger partial charge in [-0.2, -0.15) is 0 Å². The number of amides is 2. The molecule has 0 aliphatic carbocycles. The van der Waals surface area contributed by atoms with Gasteiger partial charge in [0, 0.05) is 25.0 Å². The molecule has 0 spiro atoms. The summed E-state index contributed by atoms with van der Waals surface area (Å²) < 4.78 is 11.8. The molecule has 6 nitrogen and oxygen atoms in total. The Morgan fingerprint density at radius 2 is 1.81 bits per heavy atom. The van der Waals surface area contributed by atoms with E-state index in [1.165, 1.54) is 5.56 Å². The fourth-order valence-corrected chi connectivity index (χ4v) is 4.46. The van der Waals surface area contributed by atoms with Crippen molar-refractivity contribution in [1.29, 1.82) is 0 Å². The van der Waals surface area contributed by atoms with Crippen molar-refractivity contribution in [2.75, 3.05) is 13.6 Å². The second kappa shape index (κ2) is 10.2. The average molecular weight is 489 g/mol. The molecule has 1 unspecified atom stereocenters. The van der Waals surface area contributed by atoms with Crippen molar-refractivity contribution in [2.45, 2.75) is 59.7 Å². The molecule has 3 aromatic rings. The molecular formula is C30H36N2O4. The molecule has 1 aliphatic heterocycles. The summed E-state index contributed by atoms with van der Waals surface area (Å²) in [5.74, 6) is 1.56. The van der Waals surface area contributed by atoms with Crippen LogP contribution in [0.1, 0.15) is 73.7 Å². The van der Waals surface area contributed by atoms with E-state index in [1.807, 2.05) is 69.9 Å². The number of carbonyl (C=O) groups is 2. The van der Waals surface area contributed by atoms with Crippen molar-refractivity contribution in [2.24, 2.45) is 5.41 Å². The fraction of sp³-hybridized carbons (Fsp3) is 0.400. The Balaban J connectivity index is 1.58. The lowest BCUT2D eigenvalue weighted by molar-refractivity contribution is -0.141. The van der Waals surface area contributed by atoms with Gasteiger partial charge >= 0.3 is 0 Å². The van der Waals surface area contributed by atoms with Crippen LogP contribution in [0.4, 0.5) is 0 Å². The third kappa shape index (κ3) is 5.32. The molecule has 1 aromatic heterocycles. The predicted octanol–water partition coefficient (Wildman–Crippen LogP) is 5.86. The number of fused-ring (bicyclic) bond motifs is 1. The summed E-state index contributed by atoms with van der Waals surface area (Å²) in [7, 11) is 1.76. The molecule has 190 valence electrons. The van der Waals surface area contributed by atoms with Crippen LogP contribution in [0.25, 0.3) is 0 Å². The first-order chi connectivity index (χ1) is 17.1. The lowest BCUT2D eigenvalue weighted by Gasteiger charge is -2.41. The Morgan fingerprint density at radius 1 is 1.08 bits per heavy atom. The summed E-state index contributed by atoms with van der Waals surface area (Å²) in [4.78, 5) is 29.6. The quantitative estimate of drug-likeness (QED) is 0.436. The van der Waals surface area contributed by atoms with Gasteiger partial charge in [-0.3, -0.25) is 9.59 Å². The topological polar surface area (TPSA) is 63.0 Å². The Labute approximate surface area is 213 Å². The van der Waals surface area contributed by atoms with Crippen molar-refractivity contribution in [1.82, 2.24) is 9.80 Å². The third-order valence-corrected chi connectivity index (χ3v) is 6.71. The summed E-state index contributed by atoms with van der Waals surface area (Å²) in [6.45, 7) is 10.7. The van der Waals surface area contributed by atoms with E-state index in [0.29, 0.717) is 23.8 Å². The van der Waals surface area contributed by atoms with Gasteiger partial charge in [0.15, 0.2) is 5.76 Å². The highest BCUT2D eigenvalue weighted by atomic mass is 16.5. The smallest absolute Gasteiger partial charge is 0.289 e. The van der Waals surface area contributed by atoms with Gasteiger partial charge in [-0.15, -0.1) is 0 Å². The monoisotopic (exact) mass is 488 g/mol. The van der Waals surface area contributed by atoms with Gasteiger partial charge in [0.1, 0.15) is 18.1 Å². The molecule has 36 heavy (non-hydrogen) atoms. The number of carbonyl (C=O) groups excluding carboxylic acids is 2. The van der Waals surface area contributed by atoms with Crippen LogP contribution in [0.2, 0.25) is 0 Å². The normalized spacial score (nSPS) is 15.5. The lowest BCUT2D eigenvalue weighted by atomic mass is 9.85. The van der Waals surface area contributed by atoms with E-state index in [0.717, 1.165) is 17.5 Å². The van der Waals surface area contributed by atoms with Crippen molar-refractivity contribution >= 4 is 11.8 Å². The molecule has 2 heterocycles. The summed E-state index contributed by atoms with van der Waals surface area (Å²) in [5, 5.41) is 0. The van der Waals surface area contributed by atoms with Crippen LogP contribution in [0.3, 0.4) is 0 Å². The zero-order chi connectivity index (χ0) is 26.0. The van der Waals surface area contributed by atoms with Gasteiger partial charge in [-0.25, -0.2) is 0 Å². The van der Waals surface area contributed by atoms with Crippen molar-refractivity contribution in [3.05, 3.63) is 88.9 Å². The Kier molecular flexibility index (Phi) is 7.25. The number of nitrogens with zero attached hydrogens (tertiary/aromatic N) is 2. The first-order valence-corrected chi connectivity index (χ1v) is 12.5. The molecule has 0 bridgehead atoms. The fourth-order valence-electron chi connectivity index (χ4n) is 4.46. The molecule has 0 radical (unpaired) electrons. The van der Waals surface area contributed by atoms with E-state index in [-0.39, 0.29) is 30.5 Å². The van der Waals surface area contributed by atoms with Crippen LogP contribution in [0, 0.1) is 5.41 Å². The van der Waals surface area contributed by atoms with Crippen LogP contribution in [0.5, 0.6) is 5.75 Å². The van der Waals surface area contributed by atoms with Gasteiger partial charge in [0.05, 0.1) is 6.04 Å². The van der Waals surface area contributed by atoms with Crippen LogP contribution >= 0.6 is 0 Å². The van der Waals surface area contributed by atoms with Gasteiger partial charge < -0.3 is 19.0 Å². The molecule has 0 saturated carbocycles. The number of hydrogen-bond donors (Lipinski definition) is 0. The Bertz CT molecular complexity index is 1220. The second-order valence-corrected chi connectivity index (χ2v) is 10.7. The van der Waals surface area contributed by atoms with Crippen LogP contribution in [-0.4, -0.2) is 41.2 Å². The lowest BCUT2D eigenvalue weighted by Crippen LogP contribution is -2.45. The van der Waals surface area contributed by atoms with E-state index in [4.69, 9.17) is 9.15 Å². The molecular weight excluding hydrogens is 452 g/mol. The van der Waals surface area contributed by atoms with Gasteiger partial charge in [0.25, 0.3) is 5.91 Å². The molecule has 6 heteroatoms. The SMILES string of the molecule is CC(C)N(C)C(=O)c1ccc(COc2ccc3c(c2)C(c2ccccc2)N(C(=O)C(C)(C)C)CC3)o1. The number of furan rings is 1. The highest BCUT2D eigenvalue weighted by Crippen LogP contribution is 2.39. The number of hydrogen-bond acceptors (Lipinski definition) is 4. The second-order valence-electron chi connectivity index (χ2n) is 10.7. The van der Waals surface area contributed by atoms with E-state index in [1.54, 1.807) is 24.1 Å². The van der Waals surface area contributed by atoms with E-state index < -0.39 is 5.41 Å². The molecule has 1 atom stereocenters. The van der Waals surface area contributed by atoms with E-state index >= 15 is 0 Å². The molecule has 4 rings (SSSR count). The molecule has 0 fully saturated rings. The number of benzene rings is 2. The highest BCUT2D eigenvalue weighted by Gasteiger charge is 2.37. The van der Waals surface area contributed by atoms with E-state index in [2.05, 4.69) is 18.2 Å². The van der Waals surface area contributed by atoms with E-state index in [9.17, 15) is 9.59 Å². The Morgan fingerprint density at radius 3 is 2.47 bits per heavy atom.